The second-order valence-corrected chi connectivity index (χ2v) is 7.83. The van der Waals surface area contributed by atoms with Crippen LogP contribution in [0.2, 0.25) is 4.64 Å². The van der Waals surface area contributed by atoms with Crippen molar-refractivity contribution in [2.45, 2.75) is 101 Å². The van der Waals surface area contributed by atoms with E-state index in [4.69, 9.17) is 0 Å². The van der Waals surface area contributed by atoms with Gasteiger partial charge >= 0.3 is 96.3 Å². The second kappa shape index (κ2) is 27.0. The standard InChI is InChI=1S/C16H33.C3H9N.Au.BrH/c1-3-5-7-9-11-13-15-16-14-12-10-8-6-4-2;1-4(2)3;;/h1,3-16H2,2H3;1-3H3;;1H. The van der Waals surface area contributed by atoms with Gasteiger partial charge in [-0.05, 0) is 0 Å². The largest absolute Gasteiger partial charge is 1.00 e. The van der Waals surface area contributed by atoms with Crippen LogP contribution in [0.25, 0.3) is 0 Å². The summed E-state index contributed by atoms with van der Waals surface area (Å²) in [6.45, 7) is 2.29. The minimum atomic E-state index is 0. The van der Waals surface area contributed by atoms with E-state index in [0.29, 0.717) is 0 Å². The summed E-state index contributed by atoms with van der Waals surface area (Å²) < 4.78 is 1.32. The molecule has 0 amide bonds. The first kappa shape index (κ1) is 28.0. The zero-order valence-corrected chi connectivity index (χ0v) is 19.5. The maximum absolute atomic E-state index is 2.65. The Morgan fingerprint density at radius 3 is 1.00 bits per heavy atom. The third-order valence-corrected chi connectivity index (χ3v) is 4.23. The molecule has 0 saturated carbocycles. The van der Waals surface area contributed by atoms with Crippen molar-refractivity contribution in [1.29, 1.82) is 0 Å². The van der Waals surface area contributed by atoms with Gasteiger partial charge in [-0.2, -0.15) is 0 Å². The molecule has 0 aliphatic rings. The normalized spacial score (nSPS) is 10.1. The van der Waals surface area contributed by atoms with Crippen LogP contribution in [0.3, 0.4) is 0 Å². The minimum Gasteiger partial charge on any atom is -1.00 e. The summed E-state index contributed by atoms with van der Waals surface area (Å²) in [5.74, 6) is 0. The van der Waals surface area contributed by atoms with Crippen molar-refractivity contribution >= 4 is 0 Å². The van der Waals surface area contributed by atoms with Crippen molar-refractivity contribution < 1.29 is 42.9 Å². The zero-order chi connectivity index (χ0) is 16.2. The molecule has 0 unspecified atom stereocenters. The number of unbranched alkanes of at least 4 members (excludes halogenated alkanes) is 13. The van der Waals surface area contributed by atoms with Crippen molar-refractivity contribution in [3.8, 4) is 0 Å². The fraction of sp³-hybridized carbons (Fsp3) is 1.00. The van der Waals surface area contributed by atoms with E-state index in [1.54, 1.807) is 0 Å². The summed E-state index contributed by atoms with van der Waals surface area (Å²) in [5.41, 5.74) is 0. The van der Waals surface area contributed by atoms with E-state index in [9.17, 15) is 0 Å². The molecule has 0 fully saturated rings. The molecular formula is C19H43AuBrN. The number of hydrogen-bond donors (Lipinski definition) is 1. The van der Waals surface area contributed by atoms with E-state index in [1.165, 1.54) is 99.4 Å². The molecule has 0 atom stereocenters. The van der Waals surface area contributed by atoms with E-state index in [1.807, 2.05) is 0 Å². The van der Waals surface area contributed by atoms with Gasteiger partial charge in [0, 0.05) is 0 Å². The Labute approximate surface area is 165 Å². The van der Waals surface area contributed by atoms with E-state index in [-0.39, 0.29) is 17.0 Å². The van der Waals surface area contributed by atoms with Crippen molar-refractivity contribution in [3.63, 3.8) is 0 Å². The summed E-state index contributed by atoms with van der Waals surface area (Å²) in [6.07, 6.45) is 20.5. The van der Waals surface area contributed by atoms with Crippen LogP contribution in [-0.4, -0.2) is 21.1 Å². The number of quaternary nitrogens is 1. The smallest absolute Gasteiger partial charge is 0.0661 e. The quantitative estimate of drug-likeness (QED) is 0.245. The van der Waals surface area contributed by atoms with Gasteiger partial charge < -0.3 is 21.9 Å². The van der Waals surface area contributed by atoms with Gasteiger partial charge in [0.05, 0.1) is 21.1 Å². The van der Waals surface area contributed by atoms with Crippen LogP contribution >= 0.6 is 0 Å². The fourth-order valence-electron chi connectivity index (χ4n) is 2.27. The Bertz CT molecular complexity index is 149. The molecule has 0 aromatic heterocycles. The molecule has 1 N–H and O–H groups in total. The van der Waals surface area contributed by atoms with Crippen LogP contribution in [0.1, 0.15) is 96.8 Å². The third-order valence-electron chi connectivity index (χ3n) is 3.46. The third kappa shape index (κ3) is 37.4. The molecule has 0 saturated heterocycles. The molecule has 0 bridgehead atoms. The van der Waals surface area contributed by atoms with Crippen molar-refractivity contribution in [2.24, 2.45) is 0 Å². The Morgan fingerprint density at radius 1 is 0.545 bits per heavy atom. The van der Waals surface area contributed by atoms with Crippen LogP contribution < -0.4 is 21.9 Å². The molecular weight excluding hydrogens is 519 g/mol. The molecule has 0 aliphatic carbocycles. The summed E-state index contributed by atoms with van der Waals surface area (Å²) in [6, 6.07) is 0. The van der Waals surface area contributed by atoms with Gasteiger partial charge in [0.15, 0.2) is 0 Å². The number of rotatable bonds is 14. The first-order chi connectivity index (χ1) is 10.1. The monoisotopic (exact) mass is 561 g/mol. The molecule has 0 rings (SSSR count). The predicted molar refractivity (Wildman–Crippen MR) is 93.9 cm³/mol. The van der Waals surface area contributed by atoms with Crippen LogP contribution in [0.15, 0.2) is 0 Å². The Kier molecular flexibility index (Phi) is 34.4. The van der Waals surface area contributed by atoms with Crippen molar-refractivity contribution in [2.75, 3.05) is 21.1 Å². The molecule has 0 spiro atoms. The number of halogens is 1. The van der Waals surface area contributed by atoms with Gasteiger partial charge in [0.1, 0.15) is 0 Å². The maximum Gasteiger partial charge on any atom is 0.0661 e. The van der Waals surface area contributed by atoms with Gasteiger partial charge in [-0.1, -0.05) is 26.2 Å². The predicted octanol–water partition coefficient (Wildman–Crippen LogP) is 2.20. The second-order valence-electron chi connectivity index (χ2n) is 6.75. The number of hydrogen-bond acceptors (Lipinski definition) is 0. The van der Waals surface area contributed by atoms with Crippen LogP contribution in [0.5, 0.6) is 0 Å². The first-order valence-corrected chi connectivity index (χ1v) is 11.0. The van der Waals surface area contributed by atoms with E-state index >= 15 is 0 Å². The minimum absolute atomic E-state index is 0. The van der Waals surface area contributed by atoms with Gasteiger partial charge in [0.25, 0.3) is 0 Å². The summed E-state index contributed by atoms with van der Waals surface area (Å²) in [5, 5.41) is 0. The molecule has 0 aromatic carbocycles. The van der Waals surface area contributed by atoms with Crippen LogP contribution in [0, 0.1) is 0 Å². The van der Waals surface area contributed by atoms with Crippen molar-refractivity contribution in [3.05, 3.63) is 0 Å². The van der Waals surface area contributed by atoms with Gasteiger partial charge in [-0.15, -0.1) is 0 Å². The molecule has 142 valence electrons. The Hall–Kier alpha value is 1.18. The Balaban J connectivity index is -0.000000640. The van der Waals surface area contributed by atoms with Gasteiger partial charge in [-0.25, -0.2) is 0 Å². The molecule has 0 heterocycles. The summed E-state index contributed by atoms with van der Waals surface area (Å²) in [7, 11) is 6.25. The zero-order valence-electron chi connectivity index (χ0n) is 15.8. The molecule has 1 nitrogen and oxygen atoms in total. The summed E-state index contributed by atoms with van der Waals surface area (Å²) >= 11 is 2.65. The van der Waals surface area contributed by atoms with Crippen LogP contribution in [-0.2, 0) is 21.1 Å². The average molecular weight is 562 g/mol. The SMILES string of the molecule is CCCCCCCCCCCCCCC[CH2][Au].C[NH+](C)C.[Br-]. The maximum atomic E-state index is 2.65. The fourth-order valence-corrected chi connectivity index (χ4v) is 2.81. The molecule has 22 heavy (non-hydrogen) atoms. The first-order valence-electron chi connectivity index (χ1n) is 9.42. The van der Waals surface area contributed by atoms with E-state index < -0.39 is 0 Å². The van der Waals surface area contributed by atoms with E-state index in [0.717, 1.165) is 0 Å². The Morgan fingerprint density at radius 2 is 0.773 bits per heavy atom. The summed E-state index contributed by atoms with van der Waals surface area (Å²) in [4.78, 5) is 1.42. The van der Waals surface area contributed by atoms with Gasteiger partial charge in [0.2, 0.25) is 0 Å². The molecule has 0 radical (unpaired) electrons. The average Bonchev–Trinajstić information content (AvgIpc) is 2.43. The van der Waals surface area contributed by atoms with Crippen LogP contribution in [0.4, 0.5) is 0 Å². The van der Waals surface area contributed by atoms with E-state index in [2.05, 4.69) is 49.1 Å². The molecule has 0 aliphatic heterocycles. The van der Waals surface area contributed by atoms with Crippen molar-refractivity contribution in [1.82, 2.24) is 0 Å². The molecule has 0 aromatic rings. The molecule has 3 heteroatoms. The number of nitrogens with one attached hydrogen (secondary N) is 1. The van der Waals surface area contributed by atoms with Gasteiger partial charge in [-0.3, -0.25) is 0 Å². The topological polar surface area (TPSA) is 4.44 Å².